The van der Waals surface area contributed by atoms with E-state index in [9.17, 15) is 0 Å². The van der Waals surface area contributed by atoms with Gasteiger partial charge in [0.25, 0.3) is 0 Å². The molecular formula is C14H20N4S. The van der Waals surface area contributed by atoms with Crippen molar-refractivity contribution < 1.29 is 0 Å². The van der Waals surface area contributed by atoms with Crippen molar-refractivity contribution in [1.82, 2.24) is 9.97 Å². The minimum atomic E-state index is 0.395. The summed E-state index contributed by atoms with van der Waals surface area (Å²) in [4.78, 5) is 12.3. The minimum absolute atomic E-state index is 0.395. The molecule has 0 saturated heterocycles. The summed E-state index contributed by atoms with van der Waals surface area (Å²) in [6.45, 7) is 8.18. The SMILES string of the molecule is CCNc1cc(N(Cc2cccs2)C(C)C)ncn1. The fourth-order valence-electron chi connectivity index (χ4n) is 1.88. The first kappa shape index (κ1) is 13.8. The highest BCUT2D eigenvalue weighted by Crippen LogP contribution is 2.21. The van der Waals surface area contributed by atoms with Crippen LogP contribution in [0.25, 0.3) is 0 Å². The molecule has 0 fully saturated rings. The van der Waals surface area contributed by atoms with Crippen molar-refractivity contribution in [3.63, 3.8) is 0 Å². The van der Waals surface area contributed by atoms with Crippen LogP contribution < -0.4 is 10.2 Å². The molecule has 2 aromatic rings. The van der Waals surface area contributed by atoms with Crippen molar-refractivity contribution in [2.24, 2.45) is 0 Å². The lowest BCUT2D eigenvalue weighted by atomic mass is 10.3. The smallest absolute Gasteiger partial charge is 0.134 e. The zero-order valence-corrected chi connectivity index (χ0v) is 12.4. The monoisotopic (exact) mass is 276 g/mol. The Labute approximate surface area is 118 Å². The van der Waals surface area contributed by atoms with Crippen molar-refractivity contribution >= 4 is 23.0 Å². The van der Waals surface area contributed by atoms with Gasteiger partial charge in [-0.05, 0) is 32.2 Å². The van der Waals surface area contributed by atoms with Crippen LogP contribution in [0.3, 0.4) is 0 Å². The van der Waals surface area contributed by atoms with E-state index in [1.165, 1.54) is 4.88 Å². The van der Waals surface area contributed by atoms with E-state index in [4.69, 9.17) is 0 Å². The molecule has 19 heavy (non-hydrogen) atoms. The predicted octanol–water partition coefficient (Wildman–Crippen LogP) is 3.38. The number of hydrogen-bond acceptors (Lipinski definition) is 5. The predicted molar refractivity (Wildman–Crippen MR) is 81.8 cm³/mol. The first-order valence-corrected chi connectivity index (χ1v) is 7.43. The highest BCUT2D eigenvalue weighted by molar-refractivity contribution is 7.09. The van der Waals surface area contributed by atoms with Gasteiger partial charge in [0.15, 0.2) is 0 Å². The molecule has 0 atom stereocenters. The number of aromatic nitrogens is 2. The average molecular weight is 276 g/mol. The zero-order valence-electron chi connectivity index (χ0n) is 11.6. The summed E-state index contributed by atoms with van der Waals surface area (Å²) in [5, 5.41) is 5.33. The Bertz CT molecular complexity index is 496. The second-order valence-corrected chi connectivity index (χ2v) is 5.63. The minimum Gasteiger partial charge on any atom is -0.370 e. The first-order chi connectivity index (χ1) is 9.20. The number of nitrogens with one attached hydrogen (secondary N) is 1. The lowest BCUT2D eigenvalue weighted by molar-refractivity contribution is 0.676. The fourth-order valence-corrected chi connectivity index (χ4v) is 2.58. The zero-order chi connectivity index (χ0) is 13.7. The summed E-state index contributed by atoms with van der Waals surface area (Å²) in [6, 6.07) is 6.65. The maximum atomic E-state index is 4.40. The molecule has 0 saturated carbocycles. The van der Waals surface area contributed by atoms with E-state index in [1.807, 2.05) is 6.07 Å². The van der Waals surface area contributed by atoms with E-state index >= 15 is 0 Å². The van der Waals surface area contributed by atoms with Crippen molar-refractivity contribution in [2.75, 3.05) is 16.8 Å². The number of nitrogens with zero attached hydrogens (tertiary/aromatic N) is 3. The Morgan fingerprint density at radius 2 is 2.21 bits per heavy atom. The van der Waals surface area contributed by atoms with E-state index in [0.29, 0.717) is 6.04 Å². The lowest BCUT2D eigenvalue weighted by Crippen LogP contribution is -2.30. The van der Waals surface area contributed by atoms with E-state index in [0.717, 1.165) is 24.7 Å². The quantitative estimate of drug-likeness (QED) is 0.878. The van der Waals surface area contributed by atoms with Gasteiger partial charge in [-0.2, -0.15) is 0 Å². The number of hydrogen-bond donors (Lipinski definition) is 1. The summed E-state index contributed by atoms with van der Waals surface area (Å²) in [5.41, 5.74) is 0. The molecule has 4 nitrogen and oxygen atoms in total. The molecule has 5 heteroatoms. The highest BCUT2D eigenvalue weighted by atomic mass is 32.1. The van der Waals surface area contributed by atoms with Crippen LogP contribution >= 0.6 is 11.3 Å². The van der Waals surface area contributed by atoms with Gasteiger partial charge in [0.2, 0.25) is 0 Å². The molecule has 0 amide bonds. The Morgan fingerprint density at radius 3 is 2.84 bits per heavy atom. The van der Waals surface area contributed by atoms with Gasteiger partial charge in [-0.3, -0.25) is 0 Å². The maximum absolute atomic E-state index is 4.40. The number of thiophene rings is 1. The van der Waals surface area contributed by atoms with Crippen molar-refractivity contribution in [3.05, 3.63) is 34.8 Å². The van der Waals surface area contributed by atoms with E-state index < -0.39 is 0 Å². The lowest BCUT2D eigenvalue weighted by Gasteiger charge is -2.27. The van der Waals surface area contributed by atoms with Crippen LogP contribution in [0, 0.1) is 0 Å². The second kappa shape index (κ2) is 6.52. The molecule has 1 N–H and O–H groups in total. The van der Waals surface area contributed by atoms with Gasteiger partial charge < -0.3 is 10.2 Å². The van der Waals surface area contributed by atoms with Gasteiger partial charge in [-0.25, -0.2) is 9.97 Å². The highest BCUT2D eigenvalue weighted by Gasteiger charge is 2.13. The summed E-state index contributed by atoms with van der Waals surface area (Å²) in [5.74, 6) is 1.85. The third-order valence-corrected chi connectivity index (χ3v) is 3.70. The first-order valence-electron chi connectivity index (χ1n) is 6.55. The Hall–Kier alpha value is -1.62. The second-order valence-electron chi connectivity index (χ2n) is 4.59. The molecule has 0 bridgehead atoms. The van der Waals surface area contributed by atoms with Crippen molar-refractivity contribution in [1.29, 1.82) is 0 Å². The molecule has 0 spiro atoms. The molecule has 0 aliphatic rings. The van der Waals surface area contributed by atoms with Crippen LogP contribution in [-0.2, 0) is 6.54 Å². The summed E-state index contributed by atoms with van der Waals surface area (Å²) >= 11 is 1.78. The van der Waals surface area contributed by atoms with Crippen LogP contribution in [-0.4, -0.2) is 22.6 Å². The Kier molecular flexibility index (Phi) is 4.74. The molecule has 0 unspecified atom stereocenters. The van der Waals surface area contributed by atoms with E-state index in [1.54, 1.807) is 17.7 Å². The molecule has 2 heterocycles. The molecule has 0 aromatic carbocycles. The molecule has 0 radical (unpaired) electrons. The molecule has 0 aliphatic heterocycles. The normalized spacial score (nSPS) is 10.7. The van der Waals surface area contributed by atoms with Gasteiger partial charge in [-0.15, -0.1) is 11.3 Å². The van der Waals surface area contributed by atoms with Gasteiger partial charge in [-0.1, -0.05) is 6.07 Å². The number of anilines is 2. The molecule has 102 valence electrons. The van der Waals surface area contributed by atoms with Gasteiger partial charge >= 0.3 is 0 Å². The summed E-state index contributed by atoms with van der Waals surface area (Å²) in [6.07, 6.45) is 1.62. The largest absolute Gasteiger partial charge is 0.370 e. The third kappa shape index (κ3) is 3.67. The third-order valence-electron chi connectivity index (χ3n) is 2.83. The van der Waals surface area contributed by atoms with Crippen LogP contribution in [0.2, 0.25) is 0 Å². The number of rotatable bonds is 6. The van der Waals surface area contributed by atoms with Crippen LogP contribution in [0.1, 0.15) is 25.6 Å². The molecule has 0 aliphatic carbocycles. The van der Waals surface area contributed by atoms with E-state index in [2.05, 4.69) is 58.5 Å². The van der Waals surface area contributed by atoms with E-state index in [-0.39, 0.29) is 0 Å². The fraction of sp³-hybridized carbons (Fsp3) is 0.429. The topological polar surface area (TPSA) is 41.0 Å². The molecule has 2 aromatic heterocycles. The van der Waals surface area contributed by atoms with Gasteiger partial charge in [0, 0.05) is 23.5 Å². The maximum Gasteiger partial charge on any atom is 0.134 e. The van der Waals surface area contributed by atoms with Crippen LogP contribution in [0.5, 0.6) is 0 Å². The van der Waals surface area contributed by atoms with Crippen molar-refractivity contribution in [3.8, 4) is 0 Å². The van der Waals surface area contributed by atoms with Crippen LogP contribution in [0.15, 0.2) is 29.9 Å². The Morgan fingerprint density at radius 1 is 1.37 bits per heavy atom. The summed E-state index contributed by atoms with van der Waals surface area (Å²) < 4.78 is 0. The average Bonchev–Trinajstić information content (AvgIpc) is 2.89. The Balaban J connectivity index is 2.20. The van der Waals surface area contributed by atoms with Crippen molar-refractivity contribution in [2.45, 2.75) is 33.4 Å². The molecular weight excluding hydrogens is 256 g/mol. The van der Waals surface area contributed by atoms with Gasteiger partial charge in [0.05, 0.1) is 6.54 Å². The summed E-state index contributed by atoms with van der Waals surface area (Å²) in [7, 11) is 0. The molecule has 2 rings (SSSR count). The van der Waals surface area contributed by atoms with Crippen LogP contribution in [0.4, 0.5) is 11.6 Å². The van der Waals surface area contributed by atoms with Gasteiger partial charge in [0.1, 0.15) is 18.0 Å². The standard InChI is InChI=1S/C14H20N4S/c1-4-15-13-8-14(17-10-16-13)18(11(2)3)9-12-6-5-7-19-12/h5-8,10-11H,4,9H2,1-3H3,(H,15,16,17).